The van der Waals surface area contributed by atoms with E-state index in [0.717, 1.165) is 29.7 Å². The Kier molecular flexibility index (Phi) is 6.42. The van der Waals surface area contributed by atoms with Crippen LogP contribution >= 0.6 is 0 Å². The van der Waals surface area contributed by atoms with E-state index in [1.807, 2.05) is 26.0 Å². The van der Waals surface area contributed by atoms with Gasteiger partial charge in [-0.1, -0.05) is 19.1 Å². The predicted molar refractivity (Wildman–Crippen MR) is 93.6 cm³/mol. The van der Waals surface area contributed by atoms with Crippen molar-refractivity contribution in [2.45, 2.75) is 33.7 Å². The number of rotatable bonds is 6. The van der Waals surface area contributed by atoms with E-state index in [1.165, 1.54) is 7.11 Å². The van der Waals surface area contributed by atoms with Gasteiger partial charge in [0.1, 0.15) is 5.75 Å². The second-order valence-corrected chi connectivity index (χ2v) is 6.99. The third kappa shape index (κ3) is 5.19. The molecule has 1 N–H and O–H groups in total. The number of likely N-dealkylation sites (tertiary alicyclic amines) is 1. The van der Waals surface area contributed by atoms with Gasteiger partial charge in [-0.2, -0.15) is 0 Å². The molecule has 0 aliphatic carbocycles. The standard InChI is InChI=1S/C19H27NO5/c1-12-5-16(19(22)23)10-20(8-12)9-15-6-13(2)18(14(3)7-15)25-11-17(21)24-4/h6-7,12,16H,5,8-11H2,1-4H3,(H,22,23). The van der Waals surface area contributed by atoms with Crippen LogP contribution in [0.25, 0.3) is 0 Å². The van der Waals surface area contributed by atoms with Gasteiger partial charge in [-0.3, -0.25) is 9.69 Å². The molecule has 0 spiro atoms. The summed E-state index contributed by atoms with van der Waals surface area (Å²) in [5, 5.41) is 9.31. The molecule has 1 saturated heterocycles. The Labute approximate surface area is 148 Å². The normalized spacial score (nSPS) is 21.0. The van der Waals surface area contributed by atoms with Gasteiger partial charge in [-0.15, -0.1) is 0 Å². The third-order valence-electron chi connectivity index (χ3n) is 4.57. The molecule has 1 aromatic carbocycles. The lowest BCUT2D eigenvalue weighted by molar-refractivity contribution is -0.144. The fourth-order valence-corrected chi connectivity index (χ4v) is 3.58. The lowest BCUT2D eigenvalue weighted by Crippen LogP contribution is -2.41. The van der Waals surface area contributed by atoms with Gasteiger partial charge in [-0.25, -0.2) is 4.79 Å². The zero-order valence-electron chi connectivity index (χ0n) is 15.4. The molecule has 1 heterocycles. The van der Waals surface area contributed by atoms with Crippen molar-refractivity contribution < 1.29 is 24.2 Å². The van der Waals surface area contributed by atoms with Gasteiger partial charge in [0.2, 0.25) is 0 Å². The molecule has 1 aliphatic rings. The van der Waals surface area contributed by atoms with Gasteiger partial charge in [0, 0.05) is 19.6 Å². The van der Waals surface area contributed by atoms with E-state index in [-0.39, 0.29) is 12.5 Å². The minimum Gasteiger partial charge on any atom is -0.481 e. The molecule has 0 bridgehead atoms. The van der Waals surface area contributed by atoms with Crippen molar-refractivity contribution in [3.05, 3.63) is 28.8 Å². The van der Waals surface area contributed by atoms with E-state index in [0.29, 0.717) is 24.8 Å². The SMILES string of the molecule is COC(=O)COc1c(C)cc(CN2CC(C)CC(C(=O)O)C2)cc1C. The molecule has 0 amide bonds. The van der Waals surface area contributed by atoms with E-state index >= 15 is 0 Å². The van der Waals surface area contributed by atoms with Crippen LogP contribution < -0.4 is 4.74 Å². The van der Waals surface area contributed by atoms with Crippen molar-refractivity contribution in [1.29, 1.82) is 0 Å². The number of carbonyl (C=O) groups excluding carboxylic acids is 1. The van der Waals surface area contributed by atoms with Gasteiger partial charge in [-0.05, 0) is 42.9 Å². The minimum atomic E-state index is -0.713. The van der Waals surface area contributed by atoms with Crippen molar-refractivity contribution in [2.75, 3.05) is 26.8 Å². The summed E-state index contributed by atoms with van der Waals surface area (Å²) in [5.41, 5.74) is 3.04. The monoisotopic (exact) mass is 349 g/mol. The van der Waals surface area contributed by atoms with Crippen molar-refractivity contribution in [1.82, 2.24) is 4.90 Å². The molecule has 2 rings (SSSR count). The number of piperidine rings is 1. The number of ether oxygens (including phenoxy) is 2. The summed E-state index contributed by atoms with van der Waals surface area (Å²) in [5.74, 6) is -0.349. The van der Waals surface area contributed by atoms with Crippen LogP contribution in [0.15, 0.2) is 12.1 Å². The molecule has 0 radical (unpaired) electrons. The van der Waals surface area contributed by atoms with Crippen molar-refractivity contribution in [2.24, 2.45) is 11.8 Å². The third-order valence-corrected chi connectivity index (χ3v) is 4.57. The van der Waals surface area contributed by atoms with E-state index in [1.54, 1.807) is 0 Å². The summed E-state index contributed by atoms with van der Waals surface area (Å²) in [7, 11) is 1.33. The fourth-order valence-electron chi connectivity index (χ4n) is 3.58. The second-order valence-electron chi connectivity index (χ2n) is 6.99. The molecule has 6 heteroatoms. The quantitative estimate of drug-likeness (QED) is 0.795. The lowest BCUT2D eigenvalue weighted by Gasteiger charge is -2.34. The topological polar surface area (TPSA) is 76.1 Å². The first-order valence-electron chi connectivity index (χ1n) is 8.55. The molecular formula is C19H27NO5. The smallest absolute Gasteiger partial charge is 0.343 e. The van der Waals surface area contributed by atoms with Crippen LogP contribution in [0.5, 0.6) is 5.75 Å². The average molecular weight is 349 g/mol. The van der Waals surface area contributed by atoms with Crippen molar-refractivity contribution in [3.63, 3.8) is 0 Å². The Morgan fingerprint density at radius 2 is 1.88 bits per heavy atom. The van der Waals surface area contributed by atoms with Gasteiger partial charge in [0.15, 0.2) is 6.61 Å². The van der Waals surface area contributed by atoms with Crippen LogP contribution in [-0.2, 0) is 20.9 Å². The summed E-state index contributed by atoms with van der Waals surface area (Å²) < 4.78 is 10.2. The molecule has 1 fully saturated rings. The Morgan fingerprint density at radius 3 is 2.44 bits per heavy atom. The van der Waals surface area contributed by atoms with E-state index in [9.17, 15) is 14.7 Å². The van der Waals surface area contributed by atoms with Crippen LogP contribution in [0.2, 0.25) is 0 Å². The molecule has 6 nitrogen and oxygen atoms in total. The summed E-state index contributed by atoms with van der Waals surface area (Å²) in [6.07, 6.45) is 0.740. The van der Waals surface area contributed by atoms with Gasteiger partial charge < -0.3 is 14.6 Å². The number of aryl methyl sites for hydroxylation is 2. The highest BCUT2D eigenvalue weighted by molar-refractivity contribution is 5.71. The number of carboxylic acids is 1. The summed E-state index contributed by atoms with van der Waals surface area (Å²) >= 11 is 0. The van der Waals surface area contributed by atoms with Crippen LogP contribution in [0.4, 0.5) is 0 Å². The largest absolute Gasteiger partial charge is 0.481 e. The molecule has 2 unspecified atom stereocenters. The molecule has 1 aliphatic heterocycles. The molecule has 2 atom stereocenters. The summed E-state index contributed by atoms with van der Waals surface area (Å²) in [6.45, 7) is 8.09. The number of benzene rings is 1. The molecule has 0 saturated carbocycles. The Balaban J connectivity index is 2.07. The number of nitrogens with zero attached hydrogens (tertiary/aromatic N) is 1. The zero-order valence-corrected chi connectivity index (χ0v) is 15.4. The Hall–Kier alpha value is -2.08. The highest BCUT2D eigenvalue weighted by atomic mass is 16.6. The van der Waals surface area contributed by atoms with Crippen molar-refractivity contribution >= 4 is 11.9 Å². The van der Waals surface area contributed by atoms with Gasteiger partial charge >= 0.3 is 11.9 Å². The number of hydrogen-bond donors (Lipinski definition) is 1. The number of carboxylic acid groups (broad SMARTS) is 1. The Morgan fingerprint density at radius 1 is 1.24 bits per heavy atom. The summed E-state index contributed by atoms with van der Waals surface area (Å²) in [4.78, 5) is 24.8. The first-order valence-corrected chi connectivity index (χ1v) is 8.55. The van der Waals surface area contributed by atoms with E-state index in [4.69, 9.17) is 4.74 Å². The number of aliphatic carboxylic acids is 1. The highest BCUT2D eigenvalue weighted by Gasteiger charge is 2.29. The maximum absolute atomic E-state index is 11.3. The molecule has 25 heavy (non-hydrogen) atoms. The molecular weight excluding hydrogens is 322 g/mol. The molecule has 1 aromatic rings. The average Bonchev–Trinajstić information content (AvgIpc) is 2.53. The minimum absolute atomic E-state index is 0.110. The van der Waals surface area contributed by atoms with Gasteiger partial charge in [0.05, 0.1) is 13.0 Å². The first-order chi connectivity index (χ1) is 11.8. The van der Waals surface area contributed by atoms with E-state index in [2.05, 4.69) is 16.6 Å². The second kappa shape index (κ2) is 8.34. The lowest BCUT2D eigenvalue weighted by atomic mass is 9.90. The van der Waals surface area contributed by atoms with Crippen LogP contribution in [0.1, 0.15) is 30.0 Å². The Bertz CT molecular complexity index is 620. The maximum atomic E-state index is 11.3. The number of hydrogen-bond acceptors (Lipinski definition) is 5. The maximum Gasteiger partial charge on any atom is 0.343 e. The number of methoxy groups -OCH3 is 1. The highest BCUT2D eigenvalue weighted by Crippen LogP contribution is 2.28. The molecule has 138 valence electrons. The molecule has 0 aromatic heterocycles. The predicted octanol–water partition coefficient (Wildman–Crippen LogP) is 2.40. The van der Waals surface area contributed by atoms with E-state index < -0.39 is 11.9 Å². The number of esters is 1. The fraction of sp³-hybridized carbons (Fsp3) is 0.579. The summed E-state index contributed by atoms with van der Waals surface area (Å²) in [6, 6.07) is 4.07. The number of carbonyl (C=O) groups is 2. The zero-order chi connectivity index (χ0) is 18.6. The van der Waals surface area contributed by atoms with Crippen LogP contribution in [0, 0.1) is 25.7 Å². The van der Waals surface area contributed by atoms with Crippen molar-refractivity contribution in [3.8, 4) is 5.75 Å². The van der Waals surface area contributed by atoms with Crippen LogP contribution in [-0.4, -0.2) is 48.8 Å². The van der Waals surface area contributed by atoms with Gasteiger partial charge in [0.25, 0.3) is 0 Å². The first kappa shape index (κ1) is 19.2. The van der Waals surface area contributed by atoms with Crippen LogP contribution in [0.3, 0.4) is 0 Å².